The lowest BCUT2D eigenvalue weighted by molar-refractivity contribution is -0.145. The van der Waals surface area contributed by atoms with Crippen LogP contribution in [0.2, 0.25) is 5.02 Å². The number of thiophene rings is 1. The fourth-order valence-electron chi connectivity index (χ4n) is 8.00. The standard InChI is InChI=1S/C48H44ClFN6O7S/c1-29-35-12-13-37(43(29)49)56(18-17-55-19-22-60-23-20-55)21-24-61-34-11-14-38(62-27-33-15-16-51-45(54-33)36-5-3-4-6-39(36)59-2)31(25-34)26-40(48(57)58)63-46-42-41(35)44(64-47(42)53-28-52-46)30-7-9-32(50)10-8-30/h3-16,25,28,40H,17-24,26-27H2,1-2H3,(H,57,58)/t40-/m1/s1. The number of carbonyl (C=O) groups is 1. The first-order valence-corrected chi connectivity index (χ1v) is 22.0. The maximum Gasteiger partial charge on any atom is 0.345 e. The van der Waals surface area contributed by atoms with Crippen LogP contribution in [0.15, 0.2) is 97.5 Å². The Kier molecular flexibility index (Phi) is 12.8. The highest BCUT2D eigenvalue weighted by atomic mass is 35.5. The summed E-state index contributed by atoms with van der Waals surface area (Å²) in [5, 5.41) is 11.9. The highest BCUT2D eigenvalue weighted by molar-refractivity contribution is 7.22. The van der Waals surface area contributed by atoms with Crippen molar-refractivity contribution in [1.29, 1.82) is 0 Å². The summed E-state index contributed by atoms with van der Waals surface area (Å²) in [4.78, 5) is 37.5. The molecule has 0 aliphatic carbocycles. The molecule has 0 spiro atoms. The minimum absolute atomic E-state index is 0.0584. The number of para-hydroxylation sites is 1. The van der Waals surface area contributed by atoms with E-state index in [1.165, 1.54) is 29.8 Å². The third-order valence-corrected chi connectivity index (χ3v) is 13.0. The van der Waals surface area contributed by atoms with E-state index in [2.05, 4.69) is 24.8 Å². The van der Waals surface area contributed by atoms with Crippen LogP contribution in [0.25, 0.3) is 43.2 Å². The van der Waals surface area contributed by atoms with E-state index in [4.69, 9.17) is 40.3 Å². The summed E-state index contributed by atoms with van der Waals surface area (Å²) in [6, 6.07) is 24.9. The molecule has 3 aliphatic heterocycles. The highest BCUT2D eigenvalue weighted by Gasteiger charge is 2.29. The minimum atomic E-state index is -1.42. The molecule has 3 aromatic heterocycles. The van der Waals surface area contributed by atoms with Gasteiger partial charge in [0.05, 0.1) is 54.2 Å². The summed E-state index contributed by atoms with van der Waals surface area (Å²) in [7, 11) is 1.60. The van der Waals surface area contributed by atoms with Crippen LogP contribution >= 0.6 is 22.9 Å². The number of fused-ring (bicyclic) bond motifs is 7. The predicted molar refractivity (Wildman–Crippen MR) is 244 cm³/mol. The van der Waals surface area contributed by atoms with Crippen LogP contribution in [-0.2, 0) is 22.6 Å². The average Bonchev–Trinajstić information content (AvgIpc) is 3.71. The third-order valence-electron chi connectivity index (χ3n) is 11.4. The van der Waals surface area contributed by atoms with Gasteiger partial charge >= 0.3 is 5.97 Å². The Bertz CT molecular complexity index is 2810. The molecule has 10 rings (SSSR count). The van der Waals surface area contributed by atoms with Crippen LogP contribution in [0, 0.1) is 12.7 Å². The van der Waals surface area contributed by atoms with E-state index < -0.39 is 12.1 Å². The van der Waals surface area contributed by atoms with Gasteiger partial charge in [-0.2, -0.15) is 0 Å². The molecule has 3 aliphatic rings. The number of halogens is 2. The molecule has 7 aromatic rings. The summed E-state index contributed by atoms with van der Waals surface area (Å²) < 4.78 is 44.7. The van der Waals surface area contributed by atoms with Crippen LogP contribution in [-0.4, -0.2) is 102 Å². The number of aromatic nitrogens is 4. The van der Waals surface area contributed by atoms with Crippen LogP contribution in [0.1, 0.15) is 16.8 Å². The molecule has 0 amide bonds. The second-order valence-corrected chi connectivity index (χ2v) is 16.7. The molecule has 1 fully saturated rings. The number of benzene rings is 4. The summed E-state index contributed by atoms with van der Waals surface area (Å²) in [6.07, 6.45) is 1.48. The monoisotopic (exact) mass is 902 g/mol. The number of nitrogens with zero attached hydrogens (tertiary/aromatic N) is 6. The number of morpholine rings is 1. The van der Waals surface area contributed by atoms with Gasteiger partial charge in [-0.25, -0.2) is 29.1 Å². The fraction of sp³-hybridized carbons (Fsp3) is 0.271. The number of rotatable bonds is 10. The second kappa shape index (κ2) is 19.2. The molecule has 0 unspecified atom stereocenters. The number of anilines is 1. The summed E-state index contributed by atoms with van der Waals surface area (Å²) in [5.41, 5.74) is 5.72. The van der Waals surface area contributed by atoms with Crippen molar-refractivity contribution in [2.45, 2.75) is 26.1 Å². The smallest absolute Gasteiger partial charge is 0.345 e. The maximum absolute atomic E-state index is 14.3. The number of carboxylic acid groups (broad SMARTS) is 1. The molecular weight excluding hydrogens is 859 g/mol. The molecule has 328 valence electrons. The Balaban J connectivity index is 1.13. The predicted octanol–water partition coefficient (Wildman–Crippen LogP) is 8.78. The minimum Gasteiger partial charge on any atom is -0.496 e. The van der Waals surface area contributed by atoms with Crippen molar-refractivity contribution < 1.29 is 38.0 Å². The van der Waals surface area contributed by atoms with Crippen LogP contribution in [0.4, 0.5) is 10.1 Å². The van der Waals surface area contributed by atoms with Crippen molar-refractivity contribution in [3.63, 3.8) is 0 Å². The van der Waals surface area contributed by atoms with Gasteiger partial charge in [-0.15, -0.1) is 11.3 Å². The number of methoxy groups -OCH3 is 1. The summed E-state index contributed by atoms with van der Waals surface area (Å²) >= 11 is 8.77. The first-order valence-electron chi connectivity index (χ1n) is 20.8. The van der Waals surface area contributed by atoms with Crippen LogP contribution in [0.5, 0.6) is 23.1 Å². The Morgan fingerprint density at radius 1 is 0.938 bits per heavy atom. The lowest BCUT2D eigenvalue weighted by atomic mass is 9.95. The quantitative estimate of drug-likeness (QED) is 0.140. The summed E-state index contributed by atoms with van der Waals surface area (Å²) in [6.45, 7) is 7.34. The SMILES string of the molecule is COc1ccccc1-c1nccc(COc2ccc3cc2C[C@H](C(=O)O)Oc2ncnc4sc(-c5ccc(F)cc5)c(c24)-c2ccc(c(Cl)c2C)N(CCN2CCOCC2)CCO3)n1. The van der Waals surface area contributed by atoms with Gasteiger partial charge in [0, 0.05) is 54.8 Å². The zero-order valence-corrected chi connectivity index (χ0v) is 36.7. The van der Waals surface area contributed by atoms with Crippen molar-refractivity contribution in [1.82, 2.24) is 24.8 Å². The molecule has 1 saturated heterocycles. The largest absolute Gasteiger partial charge is 0.496 e. The van der Waals surface area contributed by atoms with E-state index in [1.54, 1.807) is 49.7 Å². The number of aliphatic carboxylic acids is 1. The molecular formula is C48H44ClFN6O7S. The molecule has 16 heteroatoms. The molecule has 4 aromatic carbocycles. The van der Waals surface area contributed by atoms with E-state index in [1.807, 2.05) is 43.3 Å². The first kappa shape index (κ1) is 42.9. The summed E-state index contributed by atoms with van der Waals surface area (Å²) in [5.74, 6) is 0.550. The van der Waals surface area contributed by atoms with E-state index in [-0.39, 0.29) is 24.7 Å². The van der Waals surface area contributed by atoms with E-state index in [0.29, 0.717) is 88.0 Å². The number of hydrogen-bond acceptors (Lipinski definition) is 13. The topological polar surface area (TPSA) is 141 Å². The lowest BCUT2D eigenvalue weighted by Crippen LogP contribution is -2.42. The Hall–Kier alpha value is -6.39. The Morgan fingerprint density at radius 3 is 2.58 bits per heavy atom. The fourth-order valence-corrected chi connectivity index (χ4v) is 9.44. The highest BCUT2D eigenvalue weighted by Crippen LogP contribution is 2.49. The van der Waals surface area contributed by atoms with Crippen LogP contribution in [0.3, 0.4) is 0 Å². The Morgan fingerprint density at radius 2 is 1.77 bits per heavy atom. The van der Waals surface area contributed by atoms with Gasteiger partial charge in [0.2, 0.25) is 12.0 Å². The van der Waals surface area contributed by atoms with Crippen molar-refractivity contribution in [2.24, 2.45) is 0 Å². The van der Waals surface area contributed by atoms with E-state index >= 15 is 0 Å². The van der Waals surface area contributed by atoms with Gasteiger partial charge < -0.3 is 33.7 Å². The van der Waals surface area contributed by atoms with Gasteiger partial charge in [0.1, 0.15) is 47.4 Å². The normalized spacial score (nSPS) is 15.6. The number of hydrogen-bond donors (Lipinski definition) is 1. The van der Waals surface area contributed by atoms with E-state index in [9.17, 15) is 14.3 Å². The molecule has 0 saturated carbocycles. The number of ether oxygens (including phenoxy) is 5. The van der Waals surface area contributed by atoms with Crippen molar-refractivity contribution >= 4 is 44.8 Å². The molecule has 4 bridgehead atoms. The second-order valence-electron chi connectivity index (χ2n) is 15.3. The molecule has 0 radical (unpaired) electrons. The zero-order valence-electron chi connectivity index (χ0n) is 35.1. The average molecular weight is 903 g/mol. The Labute approximate surface area is 378 Å². The van der Waals surface area contributed by atoms with Gasteiger partial charge in [-0.05, 0) is 78.2 Å². The molecule has 1 atom stereocenters. The molecule has 64 heavy (non-hydrogen) atoms. The first-order chi connectivity index (χ1) is 31.2. The van der Waals surface area contributed by atoms with Gasteiger partial charge in [0.15, 0.2) is 5.82 Å². The molecule has 1 N–H and O–H groups in total. The van der Waals surface area contributed by atoms with Crippen molar-refractivity contribution in [2.75, 3.05) is 64.6 Å². The van der Waals surface area contributed by atoms with Crippen molar-refractivity contribution in [3.05, 3.63) is 125 Å². The van der Waals surface area contributed by atoms with Gasteiger partial charge in [-0.1, -0.05) is 41.9 Å². The third kappa shape index (κ3) is 9.15. The van der Waals surface area contributed by atoms with Crippen molar-refractivity contribution in [3.8, 4) is 56.1 Å². The van der Waals surface area contributed by atoms with Gasteiger partial charge in [-0.3, -0.25) is 4.90 Å². The van der Waals surface area contributed by atoms with Gasteiger partial charge in [0.25, 0.3) is 0 Å². The van der Waals surface area contributed by atoms with E-state index in [0.717, 1.165) is 52.5 Å². The van der Waals surface area contributed by atoms with Crippen LogP contribution < -0.4 is 23.8 Å². The molecule has 6 heterocycles. The number of carboxylic acids is 1. The maximum atomic E-state index is 14.3. The zero-order chi connectivity index (χ0) is 44.2. The lowest BCUT2D eigenvalue weighted by Gasteiger charge is -2.32. The molecule has 13 nitrogen and oxygen atoms in total.